The molecular weight excluding hydrogens is 276 g/mol. The maximum atomic E-state index is 11.3. The molecule has 0 radical (unpaired) electrons. The minimum atomic E-state index is -0.842. The first-order valence-electron chi connectivity index (χ1n) is 7.02. The van der Waals surface area contributed by atoms with Crippen molar-refractivity contribution in [3.8, 4) is 0 Å². The van der Waals surface area contributed by atoms with Gasteiger partial charge in [-0.1, -0.05) is 31.5 Å². The maximum absolute atomic E-state index is 11.3. The molecule has 1 atom stereocenters. The molecule has 1 unspecified atom stereocenters. The van der Waals surface area contributed by atoms with Crippen LogP contribution in [0, 0.1) is 6.92 Å². The first kappa shape index (κ1) is 15.1. The number of carboxylic acids is 1. The quantitative estimate of drug-likeness (QED) is 0.645. The van der Waals surface area contributed by atoms with Crippen LogP contribution in [0.25, 0.3) is 0 Å². The number of carboxylic acid groups (broad SMARTS) is 1. The lowest BCUT2D eigenvalue weighted by Gasteiger charge is -2.16. The number of aromatic nitrogens is 2. The van der Waals surface area contributed by atoms with Gasteiger partial charge < -0.3 is 5.11 Å². The van der Waals surface area contributed by atoms with E-state index in [1.54, 1.807) is 6.92 Å². The van der Waals surface area contributed by atoms with Crippen LogP contribution < -0.4 is 0 Å². The van der Waals surface area contributed by atoms with Crippen LogP contribution in [0.1, 0.15) is 61.1 Å². The Kier molecular flexibility index (Phi) is 4.86. The molecule has 1 N–H and O–H groups in total. The van der Waals surface area contributed by atoms with Crippen LogP contribution in [0.4, 0.5) is 0 Å². The van der Waals surface area contributed by atoms with Gasteiger partial charge in [0.1, 0.15) is 10.3 Å². The standard InChI is InChI=1S/C14H20N2O3S/c1-3-12(14(18)19)20-13-11(8-17)9(2)15-16(13)10-6-4-5-7-10/h8,10,12H,3-7H2,1-2H3,(H,18,19). The third kappa shape index (κ3) is 2.90. The minimum absolute atomic E-state index is 0.302. The summed E-state index contributed by atoms with van der Waals surface area (Å²) in [5.74, 6) is -0.842. The van der Waals surface area contributed by atoms with Crippen LogP contribution in [-0.2, 0) is 4.79 Å². The Morgan fingerprint density at radius 2 is 2.20 bits per heavy atom. The van der Waals surface area contributed by atoms with Crippen molar-refractivity contribution < 1.29 is 14.7 Å². The Hall–Kier alpha value is -1.30. The Bertz CT molecular complexity index is 507. The number of aldehydes is 1. The van der Waals surface area contributed by atoms with Crippen LogP contribution in [0.15, 0.2) is 5.03 Å². The smallest absolute Gasteiger partial charge is 0.317 e. The fourth-order valence-corrected chi connectivity index (χ4v) is 3.79. The summed E-state index contributed by atoms with van der Waals surface area (Å²) in [6.45, 7) is 3.65. The summed E-state index contributed by atoms with van der Waals surface area (Å²) in [5.41, 5.74) is 1.23. The van der Waals surface area contributed by atoms with Crippen LogP contribution in [-0.4, -0.2) is 32.4 Å². The van der Waals surface area contributed by atoms with Gasteiger partial charge in [0.15, 0.2) is 6.29 Å². The summed E-state index contributed by atoms with van der Waals surface area (Å²) < 4.78 is 1.89. The lowest BCUT2D eigenvalue weighted by molar-refractivity contribution is -0.136. The molecule has 1 aliphatic carbocycles. The Labute approximate surface area is 122 Å². The highest BCUT2D eigenvalue weighted by Gasteiger charge is 2.27. The maximum Gasteiger partial charge on any atom is 0.317 e. The van der Waals surface area contributed by atoms with Crippen LogP contribution in [0.2, 0.25) is 0 Å². The van der Waals surface area contributed by atoms with Crippen molar-refractivity contribution in [1.82, 2.24) is 9.78 Å². The van der Waals surface area contributed by atoms with Gasteiger partial charge in [-0.25, -0.2) is 0 Å². The van der Waals surface area contributed by atoms with Crippen LogP contribution in [0.5, 0.6) is 0 Å². The van der Waals surface area contributed by atoms with E-state index in [0.29, 0.717) is 23.7 Å². The number of aliphatic carboxylic acids is 1. The third-order valence-corrected chi connectivity index (χ3v) is 5.22. The summed E-state index contributed by atoms with van der Waals surface area (Å²) in [6.07, 6.45) is 5.76. The number of carbonyl (C=O) groups is 2. The van der Waals surface area contributed by atoms with Crippen molar-refractivity contribution in [2.45, 2.75) is 62.3 Å². The predicted molar refractivity (Wildman–Crippen MR) is 77.4 cm³/mol. The molecule has 0 bridgehead atoms. The average molecular weight is 296 g/mol. The molecule has 1 aromatic heterocycles. The molecule has 0 aromatic carbocycles. The van der Waals surface area contributed by atoms with E-state index in [9.17, 15) is 14.7 Å². The summed E-state index contributed by atoms with van der Waals surface area (Å²) >= 11 is 1.25. The van der Waals surface area contributed by atoms with Gasteiger partial charge in [0.05, 0.1) is 17.3 Å². The molecule has 1 aromatic rings. The molecule has 0 amide bonds. The topological polar surface area (TPSA) is 72.2 Å². The summed E-state index contributed by atoms with van der Waals surface area (Å²) in [7, 11) is 0. The van der Waals surface area contributed by atoms with E-state index in [2.05, 4.69) is 5.10 Å². The summed E-state index contributed by atoms with van der Waals surface area (Å²) in [5, 5.41) is 13.9. The molecule has 6 heteroatoms. The fraction of sp³-hybridized carbons (Fsp3) is 0.643. The van der Waals surface area contributed by atoms with Crippen molar-refractivity contribution >= 4 is 24.0 Å². The SMILES string of the molecule is CCC(Sc1c(C=O)c(C)nn1C1CCCC1)C(=O)O. The number of hydrogen-bond acceptors (Lipinski definition) is 4. The molecule has 1 aliphatic rings. The first-order valence-corrected chi connectivity index (χ1v) is 7.90. The highest BCUT2D eigenvalue weighted by atomic mass is 32.2. The lowest BCUT2D eigenvalue weighted by atomic mass is 10.2. The number of hydrogen-bond donors (Lipinski definition) is 1. The van der Waals surface area contributed by atoms with Gasteiger partial charge >= 0.3 is 5.97 Å². The second-order valence-corrected chi connectivity index (χ2v) is 6.35. The first-order chi connectivity index (χ1) is 9.58. The van der Waals surface area contributed by atoms with E-state index in [-0.39, 0.29) is 0 Å². The van der Waals surface area contributed by atoms with Crippen molar-refractivity contribution in [3.05, 3.63) is 11.3 Å². The molecule has 0 aliphatic heterocycles. The summed E-state index contributed by atoms with van der Waals surface area (Å²) in [4.78, 5) is 22.5. The van der Waals surface area contributed by atoms with Gasteiger partial charge in [0.25, 0.3) is 0 Å². The summed E-state index contributed by atoms with van der Waals surface area (Å²) in [6, 6.07) is 0.302. The Morgan fingerprint density at radius 3 is 2.70 bits per heavy atom. The van der Waals surface area contributed by atoms with E-state index in [1.807, 2.05) is 11.6 Å². The number of nitrogens with zero attached hydrogens (tertiary/aromatic N) is 2. The molecule has 0 spiro atoms. The Morgan fingerprint density at radius 1 is 1.55 bits per heavy atom. The van der Waals surface area contributed by atoms with Crippen molar-refractivity contribution in [2.75, 3.05) is 0 Å². The molecule has 1 fully saturated rings. The Balaban J connectivity index is 2.37. The van der Waals surface area contributed by atoms with E-state index in [0.717, 1.165) is 24.2 Å². The second kappa shape index (κ2) is 6.43. The zero-order valence-electron chi connectivity index (χ0n) is 11.8. The zero-order chi connectivity index (χ0) is 14.7. The highest BCUT2D eigenvalue weighted by Crippen LogP contribution is 2.37. The predicted octanol–water partition coefficient (Wildman–Crippen LogP) is 3.07. The second-order valence-electron chi connectivity index (χ2n) is 5.16. The van der Waals surface area contributed by atoms with Gasteiger partial charge in [0.2, 0.25) is 0 Å². The molecule has 0 saturated heterocycles. The van der Waals surface area contributed by atoms with E-state index in [1.165, 1.54) is 24.6 Å². The van der Waals surface area contributed by atoms with Gasteiger partial charge in [-0.05, 0) is 26.2 Å². The normalized spacial score (nSPS) is 17.3. The molecular formula is C14H20N2O3S. The van der Waals surface area contributed by atoms with E-state index in [4.69, 9.17) is 0 Å². The van der Waals surface area contributed by atoms with E-state index < -0.39 is 11.2 Å². The van der Waals surface area contributed by atoms with Crippen LogP contribution >= 0.6 is 11.8 Å². The van der Waals surface area contributed by atoms with Crippen molar-refractivity contribution in [3.63, 3.8) is 0 Å². The number of aryl methyl sites for hydroxylation is 1. The number of carbonyl (C=O) groups excluding carboxylic acids is 1. The monoisotopic (exact) mass is 296 g/mol. The third-order valence-electron chi connectivity index (χ3n) is 3.77. The fourth-order valence-electron chi connectivity index (χ4n) is 2.63. The average Bonchev–Trinajstić information content (AvgIpc) is 3.02. The minimum Gasteiger partial charge on any atom is -0.480 e. The van der Waals surface area contributed by atoms with E-state index >= 15 is 0 Å². The molecule has 1 saturated carbocycles. The number of rotatable bonds is 6. The van der Waals surface area contributed by atoms with Crippen LogP contribution in [0.3, 0.4) is 0 Å². The molecule has 110 valence electrons. The van der Waals surface area contributed by atoms with Gasteiger partial charge in [0, 0.05) is 0 Å². The highest BCUT2D eigenvalue weighted by molar-refractivity contribution is 8.00. The van der Waals surface area contributed by atoms with Crippen molar-refractivity contribution in [1.29, 1.82) is 0 Å². The van der Waals surface area contributed by atoms with Gasteiger partial charge in [-0.15, -0.1) is 0 Å². The number of thioether (sulfide) groups is 1. The molecule has 1 heterocycles. The lowest BCUT2D eigenvalue weighted by Crippen LogP contribution is -2.17. The molecule has 5 nitrogen and oxygen atoms in total. The van der Waals surface area contributed by atoms with Gasteiger partial charge in [-0.3, -0.25) is 14.3 Å². The van der Waals surface area contributed by atoms with Crippen molar-refractivity contribution in [2.24, 2.45) is 0 Å². The molecule has 20 heavy (non-hydrogen) atoms. The van der Waals surface area contributed by atoms with Gasteiger partial charge in [-0.2, -0.15) is 5.10 Å². The molecule has 2 rings (SSSR count). The zero-order valence-corrected chi connectivity index (χ0v) is 12.7. The largest absolute Gasteiger partial charge is 0.480 e.